The topological polar surface area (TPSA) is 171 Å². The molecule has 0 aliphatic heterocycles. The second kappa shape index (κ2) is 11.5. The number of aliphatic hydroxyl groups excluding tert-OH is 1. The predicted molar refractivity (Wildman–Crippen MR) is 98.5 cm³/mol. The molecule has 7 N–H and O–H groups in total. The minimum absolute atomic E-state index is 0.208. The lowest BCUT2D eigenvalue weighted by Crippen LogP contribution is -2.60. The van der Waals surface area contributed by atoms with Gasteiger partial charge in [-0.05, 0) is 18.8 Å². The van der Waals surface area contributed by atoms with Gasteiger partial charge in [-0.3, -0.25) is 14.4 Å². The standard InChI is InChI=1S/C17H32N4O6/c1-6-9(4)13(19-11(23)7-18)16(25)20-12(8(2)3)15(24)21-14(10(5)22)17(26)27/h8-10,12-14,22H,6-7,18H2,1-5H3,(H,19,23)(H,20,25)(H,21,24)(H,26,27). The van der Waals surface area contributed by atoms with Crippen molar-refractivity contribution in [2.24, 2.45) is 17.6 Å². The highest BCUT2D eigenvalue weighted by molar-refractivity contribution is 5.93. The average Bonchev–Trinajstić information content (AvgIpc) is 2.59. The number of carbonyl (C=O) groups is 4. The van der Waals surface area contributed by atoms with E-state index in [-0.39, 0.29) is 18.4 Å². The van der Waals surface area contributed by atoms with Crippen LogP contribution in [0.2, 0.25) is 0 Å². The van der Waals surface area contributed by atoms with Crippen LogP contribution in [0.1, 0.15) is 41.0 Å². The van der Waals surface area contributed by atoms with Crippen LogP contribution in [0, 0.1) is 11.8 Å². The second-order valence-electron chi connectivity index (χ2n) is 6.93. The summed E-state index contributed by atoms with van der Waals surface area (Å²) in [6.07, 6.45) is -0.711. The molecule has 0 heterocycles. The molecule has 0 aromatic carbocycles. The second-order valence-corrected chi connectivity index (χ2v) is 6.93. The lowest BCUT2D eigenvalue weighted by atomic mass is 9.96. The van der Waals surface area contributed by atoms with E-state index in [0.717, 1.165) is 0 Å². The summed E-state index contributed by atoms with van der Waals surface area (Å²) >= 11 is 0. The SMILES string of the molecule is CCC(C)C(NC(=O)CN)C(=O)NC(C(=O)NC(C(=O)O)C(C)O)C(C)C. The molecular formula is C17H32N4O6. The summed E-state index contributed by atoms with van der Waals surface area (Å²) in [7, 11) is 0. The van der Waals surface area contributed by atoms with Crippen LogP contribution in [-0.4, -0.2) is 64.7 Å². The number of nitrogens with two attached hydrogens (primary N) is 1. The number of hydrogen-bond donors (Lipinski definition) is 6. The van der Waals surface area contributed by atoms with Crippen LogP contribution < -0.4 is 21.7 Å². The van der Waals surface area contributed by atoms with E-state index in [9.17, 15) is 24.3 Å². The Kier molecular flexibility index (Phi) is 10.6. The van der Waals surface area contributed by atoms with E-state index in [1.54, 1.807) is 20.8 Å². The Balaban J connectivity index is 5.34. The van der Waals surface area contributed by atoms with Crippen molar-refractivity contribution in [1.82, 2.24) is 16.0 Å². The van der Waals surface area contributed by atoms with Gasteiger partial charge in [0.1, 0.15) is 12.1 Å². The lowest BCUT2D eigenvalue weighted by Gasteiger charge is -2.29. The van der Waals surface area contributed by atoms with E-state index in [2.05, 4.69) is 16.0 Å². The molecule has 0 aliphatic carbocycles. The largest absolute Gasteiger partial charge is 0.480 e. The van der Waals surface area contributed by atoms with Gasteiger partial charge in [0.15, 0.2) is 6.04 Å². The van der Waals surface area contributed by atoms with Gasteiger partial charge in [-0.2, -0.15) is 0 Å². The van der Waals surface area contributed by atoms with Gasteiger partial charge in [-0.25, -0.2) is 4.79 Å². The van der Waals surface area contributed by atoms with Crippen LogP contribution in [-0.2, 0) is 19.2 Å². The Morgan fingerprint density at radius 2 is 1.37 bits per heavy atom. The molecule has 0 fully saturated rings. The van der Waals surface area contributed by atoms with Crippen molar-refractivity contribution < 1.29 is 29.4 Å². The minimum atomic E-state index is -1.50. The maximum Gasteiger partial charge on any atom is 0.328 e. The number of nitrogens with one attached hydrogen (secondary N) is 3. The third-order valence-corrected chi connectivity index (χ3v) is 4.29. The number of carbonyl (C=O) groups excluding carboxylic acids is 3. The van der Waals surface area contributed by atoms with Crippen LogP contribution in [0.25, 0.3) is 0 Å². The highest BCUT2D eigenvalue weighted by atomic mass is 16.4. The highest BCUT2D eigenvalue weighted by Gasteiger charge is 2.33. The first-order valence-electron chi connectivity index (χ1n) is 8.97. The Bertz CT molecular complexity index is 538. The normalized spacial score (nSPS) is 16.6. The fourth-order valence-corrected chi connectivity index (χ4v) is 2.34. The molecular weight excluding hydrogens is 356 g/mol. The molecule has 0 saturated carbocycles. The van der Waals surface area contributed by atoms with Gasteiger partial charge in [0, 0.05) is 0 Å². The number of carboxylic acid groups (broad SMARTS) is 1. The zero-order valence-electron chi connectivity index (χ0n) is 16.5. The number of aliphatic hydroxyl groups is 1. The maximum absolute atomic E-state index is 12.7. The molecule has 0 bridgehead atoms. The van der Waals surface area contributed by atoms with Crippen molar-refractivity contribution in [1.29, 1.82) is 0 Å². The van der Waals surface area contributed by atoms with E-state index < -0.39 is 47.9 Å². The third-order valence-electron chi connectivity index (χ3n) is 4.29. The summed E-state index contributed by atoms with van der Waals surface area (Å²) in [5.41, 5.74) is 5.28. The molecule has 3 amide bonds. The van der Waals surface area contributed by atoms with Gasteiger partial charge >= 0.3 is 5.97 Å². The Morgan fingerprint density at radius 3 is 1.74 bits per heavy atom. The minimum Gasteiger partial charge on any atom is -0.480 e. The first-order valence-corrected chi connectivity index (χ1v) is 8.97. The quantitative estimate of drug-likeness (QED) is 0.252. The summed E-state index contributed by atoms with van der Waals surface area (Å²) in [5, 5.41) is 25.9. The molecule has 0 saturated heterocycles. The summed E-state index contributed by atoms with van der Waals surface area (Å²) < 4.78 is 0. The molecule has 5 atom stereocenters. The molecule has 0 aromatic heterocycles. The molecule has 0 aromatic rings. The van der Waals surface area contributed by atoms with Gasteiger partial charge in [-0.1, -0.05) is 34.1 Å². The Morgan fingerprint density at radius 1 is 0.889 bits per heavy atom. The molecule has 156 valence electrons. The molecule has 27 heavy (non-hydrogen) atoms. The fraction of sp³-hybridized carbons (Fsp3) is 0.765. The van der Waals surface area contributed by atoms with Gasteiger partial charge < -0.3 is 31.9 Å². The van der Waals surface area contributed by atoms with Crippen LogP contribution in [0.5, 0.6) is 0 Å². The highest BCUT2D eigenvalue weighted by Crippen LogP contribution is 2.10. The Hall–Kier alpha value is -2.20. The first kappa shape index (κ1) is 24.8. The fourth-order valence-electron chi connectivity index (χ4n) is 2.34. The van der Waals surface area contributed by atoms with Gasteiger partial charge in [0.2, 0.25) is 17.7 Å². The molecule has 0 radical (unpaired) electrons. The van der Waals surface area contributed by atoms with E-state index in [1.165, 1.54) is 6.92 Å². The molecule has 10 heteroatoms. The molecule has 0 aliphatic rings. The van der Waals surface area contributed by atoms with Crippen molar-refractivity contribution in [3.05, 3.63) is 0 Å². The van der Waals surface area contributed by atoms with E-state index in [1.807, 2.05) is 6.92 Å². The van der Waals surface area contributed by atoms with Crippen molar-refractivity contribution in [3.63, 3.8) is 0 Å². The van der Waals surface area contributed by atoms with Gasteiger partial charge in [0.05, 0.1) is 12.6 Å². The van der Waals surface area contributed by atoms with Gasteiger partial charge in [-0.15, -0.1) is 0 Å². The van der Waals surface area contributed by atoms with Crippen molar-refractivity contribution in [2.45, 2.75) is 65.3 Å². The summed E-state index contributed by atoms with van der Waals surface area (Å²) in [4.78, 5) is 47.9. The third kappa shape index (κ3) is 7.92. The number of rotatable bonds is 11. The number of aliphatic carboxylic acids is 1. The smallest absolute Gasteiger partial charge is 0.328 e. The number of carboxylic acids is 1. The summed E-state index contributed by atoms with van der Waals surface area (Å²) in [6.45, 7) is 7.96. The molecule has 10 nitrogen and oxygen atoms in total. The zero-order valence-corrected chi connectivity index (χ0v) is 16.5. The van der Waals surface area contributed by atoms with Crippen LogP contribution in [0.15, 0.2) is 0 Å². The number of hydrogen-bond acceptors (Lipinski definition) is 6. The predicted octanol–water partition coefficient (Wildman–Crippen LogP) is -1.43. The van der Waals surface area contributed by atoms with Crippen LogP contribution in [0.3, 0.4) is 0 Å². The van der Waals surface area contributed by atoms with Crippen molar-refractivity contribution >= 4 is 23.7 Å². The maximum atomic E-state index is 12.7. The monoisotopic (exact) mass is 388 g/mol. The van der Waals surface area contributed by atoms with Crippen molar-refractivity contribution in [2.75, 3.05) is 6.54 Å². The first-order chi connectivity index (χ1) is 12.5. The van der Waals surface area contributed by atoms with E-state index in [4.69, 9.17) is 10.8 Å². The zero-order chi connectivity index (χ0) is 21.3. The molecule has 5 unspecified atom stereocenters. The molecule has 0 rings (SSSR count). The summed E-state index contributed by atoms with van der Waals surface area (Å²) in [5.74, 6) is -3.76. The van der Waals surface area contributed by atoms with Gasteiger partial charge in [0.25, 0.3) is 0 Å². The van der Waals surface area contributed by atoms with E-state index in [0.29, 0.717) is 6.42 Å². The van der Waals surface area contributed by atoms with Crippen LogP contribution in [0.4, 0.5) is 0 Å². The average molecular weight is 388 g/mol. The molecule has 0 spiro atoms. The Labute approximate surface area is 159 Å². The lowest BCUT2D eigenvalue weighted by molar-refractivity contribution is -0.145. The summed E-state index contributed by atoms with van der Waals surface area (Å²) in [6, 6.07) is -3.43. The van der Waals surface area contributed by atoms with Crippen molar-refractivity contribution in [3.8, 4) is 0 Å². The van der Waals surface area contributed by atoms with Crippen LogP contribution >= 0.6 is 0 Å². The van der Waals surface area contributed by atoms with E-state index >= 15 is 0 Å². The number of amides is 3.